The third-order valence-electron chi connectivity index (χ3n) is 5.00. The summed E-state index contributed by atoms with van der Waals surface area (Å²) in [5, 5.41) is 1.12. The van der Waals surface area contributed by atoms with Crippen LogP contribution in [0.1, 0.15) is 44.2 Å². The van der Waals surface area contributed by atoms with Crippen LogP contribution in [0.3, 0.4) is 0 Å². The van der Waals surface area contributed by atoms with E-state index in [9.17, 15) is 0 Å². The number of aromatic nitrogens is 1. The molecule has 0 unspecified atom stereocenters. The molecule has 4 rings (SSSR count). The van der Waals surface area contributed by atoms with E-state index in [2.05, 4.69) is 87.5 Å². The molecule has 0 saturated heterocycles. The maximum Gasteiger partial charge on any atom is 0.124 e. The van der Waals surface area contributed by atoms with Gasteiger partial charge in [-0.05, 0) is 52.8 Å². The standard InChI is InChI=1S/C25H25NS/c1-4-8-18-9-7-10-19(15-18)20-13-14-21(17(2)3)22(16-20)25-26-23-11-5-6-12-24(23)27-25/h5-7,9-17H,4,8H2,1-3H3. The van der Waals surface area contributed by atoms with Crippen LogP contribution in [-0.2, 0) is 6.42 Å². The molecule has 0 aliphatic heterocycles. The molecule has 27 heavy (non-hydrogen) atoms. The fraction of sp³-hybridized carbons (Fsp3) is 0.240. The van der Waals surface area contributed by atoms with Gasteiger partial charge in [0.25, 0.3) is 0 Å². The van der Waals surface area contributed by atoms with Gasteiger partial charge in [0, 0.05) is 5.56 Å². The number of hydrogen-bond donors (Lipinski definition) is 0. The predicted octanol–water partition coefficient (Wildman–Crippen LogP) is 7.71. The molecule has 0 atom stereocenters. The van der Waals surface area contributed by atoms with Crippen LogP contribution in [0.2, 0.25) is 0 Å². The van der Waals surface area contributed by atoms with Crippen molar-refractivity contribution < 1.29 is 0 Å². The molecule has 0 spiro atoms. The summed E-state index contributed by atoms with van der Waals surface area (Å²) >= 11 is 1.79. The van der Waals surface area contributed by atoms with Gasteiger partial charge in [0.2, 0.25) is 0 Å². The van der Waals surface area contributed by atoms with Gasteiger partial charge in [0.15, 0.2) is 0 Å². The van der Waals surface area contributed by atoms with Crippen molar-refractivity contribution in [1.82, 2.24) is 4.98 Å². The van der Waals surface area contributed by atoms with Crippen molar-refractivity contribution in [2.45, 2.75) is 39.5 Å². The van der Waals surface area contributed by atoms with E-state index in [0.29, 0.717) is 5.92 Å². The van der Waals surface area contributed by atoms with Crippen molar-refractivity contribution in [3.63, 3.8) is 0 Å². The molecular formula is C25H25NS. The van der Waals surface area contributed by atoms with Crippen LogP contribution in [0.5, 0.6) is 0 Å². The lowest BCUT2D eigenvalue weighted by Crippen LogP contribution is -1.93. The molecule has 0 N–H and O–H groups in total. The van der Waals surface area contributed by atoms with Crippen molar-refractivity contribution in [2.75, 3.05) is 0 Å². The SMILES string of the molecule is CCCc1cccc(-c2ccc(C(C)C)c(-c3nc4ccccc4s3)c2)c1. The second kappa shape index (κ2) is 7.66. The van der Waals surface area contributed by atoms with E-state index < -0.39 is 0 Å². The molecule has 0 aliphatic carbocycles. The minimum atomic E-state index is 0.465. The third kappa shape index (κ3) is 3.68. The van der Waals surface area contributed by atoms with E-state index in [1.54, 1.807) is 11.3 Å². The number of nitrogens with zero attached hydrogens (tertiary/aromatic N) is 1. The van der Waals surface area contributed by atoms with Crippen LogP contribution in [0.25, 0.3) is 31.9 Å². The number of fused-ring (bicyclic) bond motifs is 1. The normalized spacial score (nSPS) is 11.4. The lowest BCUT2D eigenvalue weighted by Gasteiger charge is -2.14. The van der Waals surface area contributed by atoms with Gasteiger partial charge in [-0.15, -0.1) is 11.3 Å². The summed E-state index contributed by atoms with van der Waals surface area (Å²) in [7, 11) is 0. The summed E-state index contributed by atoms with van der Waals surface area (Å²) < 4.78 is 1.25. The number of para-hydroxylation sites is 1. The third-order valence-corrected chi connectivity index (χ3v) is 6.07. The van der Waals surface area contributed by atoms with Crippen molar-refractivity contribution in [2.24, 2.45) is 0 Å². The van der Waals surface area contributed by atoms with Crippen molar-refractivity contribution in [1.29, 1.82) is 0 Å². The molecule has 136 valence electrons. The van der Waals surface area contributed by atoms with Crippen LogP contribution in [0, 0.1) is 0 Å². The van der Waals surface area contributed by atoms with Gasteiger partial charge in [-0.3, -0.25) is 0 Å². The summed E-state index contributed by atoms with van der Waals surface area (Å²) in [4.78, 5) is 4.93. The Balaban J connectivity index is 1.84. The first-order valence-electron chi connectivity index (χ1n) is 9.75. The molecule has 0 saturated carbocycles. The molecule has 0 bridgehead atoms. The van der Waals surface area contributed by atoms with E-state index in [1.807, 2.05) is 0 Å². The maximum absolute atomic E-state index is 4.93. The quantitative estimate of drug-likeness (QED) is 0.350. The number of rotatable bonds is 5. The Bertz CT molecular complexity index is 1040. The Labute approximate surface area is 165 Å². The van der Waals surface area contributed by atoms with Crippen LogP contribution in [0.15, 0.2) is 66.7 Å². The monoisotopic (exact) mass is 371 g/mol. The van der Waals surface area contributed by atoms with Gasteiger partial charge in [-0.2, -0.15) is 0 Å². The second-order valence-corrected chi connectivity index (χ2v) is 8.42. The van der Waals surface area contributed by atoms with Gasteiger partial charge in [-0.1, -0.05) is 75.7 Å². The molecule has 0 radical (unpaired) electrons. The Kier molecular flexibility index (Phi) is 5.09. The molecular weight excluding hydrogens is 346 g/mol. The second-order valence-electron chi connectivity index (χ2n) is 7.39. The Hall–Kier alpha value is -2.45. The van der Waals surface area contributed by atoms with Gasteiger partial charge in [-0.25, -0.2) is 4.98 Å². The van der Waals surface area contributed by atoms with Crippen LogP contribution in [-0.4, -0.2) is 4.98 Å². The Morgan fingerprint density at radius 3 is 2.48 bits per heavy atom. The van der Waals surface area contributed by atoms with Crippen molar-refractivity contribution in [3.05, 3.63) is 77.9 Å². The molecule has 0 amide bonds. The van der Waals surface area contributed by atoms with E-state index >= 15 is 0 Å². The lowest BCUT2D eigenvalue weighted by molar-refractivity contribution is 0.869. The zero-order chi connectivity index (χ0) is 18.8. The molecule has 0 aliphatic rings. The van der Waals surface area contributed by atoms with Gasteiger partial charge in [0.05, 0.1) is 10.2 Å². The maximum atomic E-state index is 4.93. The van der Waals surface area contributed by atoms with Crippen LogP contribution >= 0.6 is 11.3 Å². The van der Waals surface area contributed by atoms with E-state index in [-0.39, 0.29) is 0 Å². The van der Waals surface area contributed by atoms with Crippen molar-refractivity contribution in [3.8, 4) is 21.7 Å². The summed E-state index contributed by atoms with van der Waals surface area (Å²) in [5.74, 6) is 0.465. The number of aryl methyl sites for hydroxylation is 1. The molecule has 1 nitrogen and oxygen atoms in total. The minimum absolute atomic E-state index is 0.465. The lowest BCUT2D eigenvalue weighted by atomic mass is 9.92. The number of thiazole rings is 1. The molecule has 1 aromatic heterocycles. The topological polar surface area (TPSA) is 12.9 Å². The summed E-state index contributed by atoms with van der Waals surface area (Å²) in [6.45, 7) is 6.75. The molecule has 1 heterocycles. The first-order valence-corrected chi connectivity index (χ1v) is 10.6. The highest BCUT2D eigenvalue weighted by atomic mass is 32.1. The van der Waals surface area contributed by atoms with Gasteiger partial charge >= 0.3 is 0 Å². The number of hydrogen-bond acceptors (Lipinski definition) is 2. The predicted molar refractivity (Wildman–Crippen MR) is 119 cm³/mol. The Morgan fingerprint density at radius 2 is 1.70 bits per heavy atom. The Morgan fingerprint density at radius 1 is 0.889 bits per heavy atom. The van der Waals surface area contributed by atoms with E-state index in [0.717, 1.165) is 16.9 Å². The smallest absolute Gasteiger partial charge is 0.124 e. The van der Waals surface area contributed by atoms with E-state index in [4.69, 9.17) is 4.98 Å². The van der Waals surface area contributed by atoms with Crippen LogP contribution in [0.4, 0.5) is 0 Å². The van der Waals surface area contributed by atoms with E-state index in [1.165, 1.54) is 38.9 Å². The van der Waals surface area contributed by atoms with Crippen molar-refractivity contribution >= 4 is 21.6 Å². The highest BCUT2D eigenvalue weighted by molar-refractivity contribution is 7.21. The molecule has 2 heteroatoms. The van der Waals surface area contributed by atoms with Gasteiger partial charge in [0.1, 0.15) is 5.01 Å². The first kappa shape index (κ1) is 17.9. The highest BCUT2D eigenvalue weighted by Gasteiger charge is 2.14. The summed E-state index contributed by atoms with van der Waals surface area (Å²) in [6.07, 6.45) is 2.30. The fourth-order valence-electron chi connectivity index (χ4n) is 3.61. The van der Waals surface area contributed by atoms with Crippen LogP contribution < -0.4 is 0 Å². The zero-order valence-electron chi connectivity index (χ0n) is 16.2. The highest BCUT2D eigenvalue weighted by Crippen LogP contribution is 2.37. The summed E-state index contributed by atoms with van der Waals surface area (Å²) in [5.41, 5.74) is 7.68. The largest absolute Gasteiger partial charge is 0.236 e. The minimum Gasteiger partial charge on any atom is -0.236 e. The zero-order valence-corrected chi connectivity index (χ0v) is 17.0. The summed E-state index contributed by atoms with van der Waals surface area (Å²) in [6, 6.07) is 24.2. The first-order chi connectivity index (χ1) is 13.2. The molecule has 3 aromatic carbocycles. The number of benzene rings is 3. The average Bonchev–Trinajstić information content (AvgIpc) is 3.12. The molecule has 0 fully saturated rings. The van der Waals surface area contributed by atoms with Gasteiger partial charge < -0.3 is 0 Å². The average molecular weight is 372 g/mol. The molecule has 4 aromatic rings. The fourth-order valence-corrected chi connectivity index (χ4v) is 4.61.